The summed E-state index contributed by atoms with van der Waals surface area (Å²) in [6.07, 6.45) is 0. The maximum atomic E-state index is 14.2. The highest BCUT2D eigenvalue weighted by atomic mass is 19.1. The van der Waals surface area contributed by atoms with Gasteiger partial charge in [0.2, 0.25) is 5.52 Å². The fourth-order valence-electron chi connectivity index (χ4n) is 5.31. The lowest BCUT2D eigenvalue weighted by Crippen LogP contribution is -2.53. The van der Waals surface area contributed by atoms with Gasteiger partial charge in [0, 0.05) is 32.7 Å². The number of hydrogen-bond donors (Lipinski definition) is 0. The van der Waals surface area contributed by atoms with E-state index in [1.165, 1.54) is 28.8 Å². The van der Waals surface area contributed by atoms with Crippen molar-refractivity contribution < 1.29 is 8.78 Å². The Morgan fingerprint density at radius 1 is 1.08 bits per heavy atom. The second-order valence-corrected chi connectivity index (χ2v) is 9.39. The first-order chi connectivity index (χ1) is 18.3. The average molecular weight is 511 g/mol. The summed E-state index contributed by atoms with van der Waals surface area (Å²) in [7, 11) is 1.58. The van der Waals surface area contributed by atoms with E-state index in [1.807, 2.05) is 17.9 Å². The van der Waals surface area contributed by atoms with Crippen molar-refractivity contribution >= 4 is 22.5 Å². The number of rotatable bonds is 4. The molecule has 0 bridgehead atoms. The van der Waals surface area contributed by atoms with Crippen molar-refractivity contribution in [3.63, 3.8) is 0 Å². The Hall–Kier alpha value is -4.60. The van der Waals surface area contributed by atoms with Gasteiger partial charge in [-0.2, -0.15) is 5.26 Å². The summed E-state index contributed by atoms with van der Waals surface area (Å²) in [5, 5.41) is 9.94. The van der Waals surface area contributed by atoms with Gasteiger partial charge in [-0.3, -0.25) is 9.69 Å². The van der Waals surface area contributed by atoms with Crippen LogP contribution in [-0.2, 0) is 7.05 Å². The molecule has 7 nitrogen and oxygen atoms in total. The molecule has 3 heterocycles. The molecular formula is C29H24F2N6O. The van der Waals surface area contributed by atoms with E-state index in [1.54, 1.807) is 37.4 Å². The van der Waals surface area contributed by atoms with Crippen molar-refractivity contribution in [3.8, 4) is 6.07 Å². The van der Waals surface area contributed by atoms with Gasteiger partial charge in [0.15, 0.2) is 0 Å². The molecule has 0 aliphatic carbocycles. The van der Waals surface area contributed by atoms with Gasteiger partial charge in [-0.25, -0.2) is 8.78 Å². The third-order valence-electron chi connectivity index (χ3n) is 7.10. The molecule has 2 aromatic heterocycles. The number of fused-ring (bicyclic) bond motifs is 1. The van der Waals surface area contributed by atoms with Crippen LogP contribution in [0.4, 0.5) is 20.3 Å². The molecule has 9 heteroatoms. The van der Waals surface area contributed by atoms with Crippen LogP contribution >= 0.6 is 0 Å². The molecule has 2 atom stereocenters. The van der Waals surface area contributed by atoms with Crippen LogP contribution in [0, 0.1) is 29.5 Å². The fraction of sp³-hybridized carbons (Fsp3) is 0.241. The molecule has 5 rings (SSSR count). The number of anilines is 1. The van der Waals surface area contributed by atoms with Crippen LogP contribution in [-0.4, -0.2) is 40.1 Å². The molecule has 2 aromatic carbocycles. The first kappa shape index (κ1) is 25.1. The molecule has 1 unspecified atom stereocenters. The predicted octanol–water partition coefficient (Wildman–Crippen LogP) is 4.93. The van der Waals surface area contributed by atoms with Crippen molar-refractivity contribution in [3.05, 3.63) is 111 Å². The van der Waals surface area contributed by atoms with Gasteiger partial charge in [0.25, 0.3) is 11.4 Å². The lowest BCUT2D eigenvalue weighted by atomic mass is 9.94. The fourth-order valence-corrected chi connectivity index (χ4v) is 5.31. The number of nitrogens with zero attached hydrogens (tertiary/aromatic N) is 6. The molecule has 0 saturated carbocycles. The van der Waals surface area contributed by atoms with Gasteiger partial charge in [-0.1, -0.05) is 30.8 Å². The molecule has 0 spiro atoms. The van der Waals surface area contributed by atoms with Crippen LogP contribution in [0.5, 0.6) is 0 Å². The van der Waals surface area contributed by atoms with Crippen molar-refractivity contribution in [2.75, 3.05) is 24.5 Å². The van der Waals surface area contributed by atoms with Crippen LogP contribution < -0.4 is 10.5 Å². The topological polar surface area (TPSA) is 69.5 Å². The average Bonchev–Trinajstić information content (AvgIpc) is 2.92. The normalized spacial score (nSPS) is 16.7. The van der Waals surface area contributed by atoms with Crippen molar-refractivity contribution in [2.24, 2.45) is 7.05 Å². The van der Waals surface area contributed by atoms with Crippen molar-refractivity contribution in [1.29, 1.82) is 5.26 Å². The SMILES string of the molecule is [C-]#[N+]c1ccc2c(n1)c(N1CCN(C(c3ccc(F)cc3)c3cccc(F)c3)[C@H](C)C1)c(C#N)c(=O)n2C. The Morgan fingerprint density at radius 3 is 2.50 bits per heavy atom. The van der Waals surface area contributed by atoms with E-state index in [0.29, 0.717) is 36.4 Å². The van der Waals surface area contributed by atoms with Crippen LogP contribution in [0.25, 0.3) is 15.9 Å². The first-order valence-corrected chi connectivity index (χ1v) is 12.1. The van der Waals surface area contributed by atoms with E-state index in [9.17, 15) is 18.8 Å². The minimum absolute atomic E-state index is 0.0181. The number of pyridine rings is 2. The number of hydrogen-bond acceptors (Lipinski definition) is 5. The molecule has 38 heavy (non-hydrogen) atoms. The third kappa shape index (κ3) is 4.38. The van der Waals surface area contributed by atoms with Crippen LogP contribution in [0.1, 0.15) is 29.7 Å². The number of aromatic nitrogens is 2. The summed E-state index contributed by atoms with van der Waals surface area (Å²) in [5.41, 5.74) is 2.52. The molecule has 1 fully saturated rings. The Kier molecular flexibility index (Phi) is 6.62. The summed E-state index contributed by atoms with van der Waals surface area (Å²) in [6.45, 7) is 10.8. The standard InChI is InChI=1S/C29H24F2N6O/c1-18-17-36(28-23(16-32)29(38)35(3)24-11-12-25(33-2)34-26(24)28)13-14-37(18)27(19-7-9-21(30)10-8-19)20-5-4-6-22(31)15-20/h4-12,15,18,27H,13-14,17H2,1,3H3/t18-,27?/m1/s1. The summed E-state index contributed by atoms with van der Waals surface area (Å²) in [4.78, 5) is 25.2. The lowest BCUT2D eigenvalue weighted by molar-refractivity contribution is 0.150. The maximum absolute atomic E-state index is 14.2. The molecule has 190 valence electrons. The number of aryl methyl sites for hydroxylation is 1. The summed E-state index contributed by atoms with van der Waals surface area (Å²) in [5.74, 6) is -0.527. The van der Waals surface area contributed by atoms with Gasteiger partial charge < -0.3 is 14.3 Å². The maximum Gasteiger partial charge on any atom is 0.271 e. The number of piperazine rings is 1. The molecular weight excluding hydrogens is 486 g/mol. The Bertz CT molecular complexity index is 1670. The van der Waals surface area contributed by atoms with Crippen LogP contribution in [0.3, 0.4) is 0 Å². The second-order valence-electron chi connectivity index (χ2n) is 9.39. The van der Waals surface area contributed by atoms with E-state index < -0.39 is 5.56 Å². The van der Waals surface area contributed by atoms with Gasteiger partial charge >= 0.3 is 0 Å². The Balaban J connectivity index is 1.57. The van der Waals surface area contributed by atoms with E-state index >= 15 is 0 Å². The number of halogens is 2. The van der Waals surface area contributed by atoms with E-state index in [-0.39, 0.29) is 35.1 Å². The van der Waals surface area contributed by atoms with Gasteiger partial charge in [-0.15, -0.1) is 4.98 Å². The lowest BCUT2D eigenvalue weighted by Gasteiger charge is -2.45. The first-order valence-electron chi connectivity index (χ1n) is 12.1. The van der Waals surface area contributed by atoms with E-state index in [0.717, 1.165) is 11.1 Å². The van der Waals surface area contributed by atoms with E-state index in [2.05, 4.69) is 20.8 Å². The number of benzene rings is 2. The predicted molar refractivity (Wildman–Crippen MR) is 141 cm³/mol. The zero-order valence-corrected chi connectivity index (χ0v) is 20.9. The summed E-state index contributed by atoms with van der Waals surface area (Å²) < 4.78 is 29.4. The molecule has 0 radical (unpaired) electrons. The van der Waals surface area contributed by atoms with Gasteiger partial charge in [0.1, 0.15) is 29.0 Å². The minimum Gasteiger partial charge on any atom is -0.364 e. The Labute approximate surface area is 218 Å². The molecule has 0 amide bonds. The molecule has 0 N–H and O–H groups in total. The highest BCUT2D eigenvalue weighted by Gasteiger charge is 2.34. The quantitative estimate of drug-likeness (QED) is 0.364. The van der Waals surface area contributed by atoms with Crippen LogP contribution in [0.15, 0.2) is 65.5 Å². The van der Waals surface area contributed by atoms with Gasteiger partial charge in [-0.05, 0) is 54.4 Å². The molecule has 1 saturated heterocycles. The van der Waals surface area contributed by atoms with Crippen molar-refractivity contribution in [1.82, 2.24) is 14.5 Å². The second kappa shape index (κ2) is 10.0. The highest BCUT2D eigenvalue weighted by Crippen LogP contribution is 2.35. The zero-order chi connectivity index (χ0) is 27.0. The molecule has 4 aromatic rings. The largest absolute Gasteiger partial charge is 0.364 e. The Morgan fingerprint density at radius 2 is 1.84 bits per heavy atom. The van der Waals surface area contributed by atoms with Crippen LogP contribution in [0.2, 0.25) is 0 Å². The zero-order valence-electron chi connectivity index (χ0n) is 20.9. The monoisotopic (exact) mass is 510 g/mol. The smallest absolute Gasteiger partial charge is 0.271 e. The minimum atomic E-state index is -0.425. The molecule has 1 aliphatic heterocycles. The van der Waals surface area contributed by atoms with E-state index in [4.69, 9.17) is 6.57 Å². The molecule has 1 aliphatic rings. The summed E-state index contributed by atoms with van der Waals surface area (Å²) in [6, 6.07) is 17.5. The van der Waals surface area contributed by atoms with Gasteiger partial charge in [0.05, 0.1) is 11.6 Å². The summed E-state index contributed by atoms with van der Waals surface area (Å²) >= 11 is 0. The number of nitriles is 1. The third-order valence-corrected chi connectivity index (χ3v) is 7.10. The highest BCUT2D eigenvalue weighted by molar-refractivity contribution is 5.92. The van der Waals surface area contributed by atoms with Crippen molar-refractivity contribution in [2.45, 2.75) is 19.0 Å².